The third kappa shape index (κ3) is 4.59. The van der Waals surface area contributed by atoms with Crippen LogP contribution in [0, 0.1) is 35.5 Å². The molecular formula is C24H42NO3PS. The average molecular weight is 456 g/mol. The molecule has 172 valence electrons. The van der Waals surface area contributed by atoms with E-state index in [-0.39, 0.29) is 11.2 Å². The van der Waals surface area contributed by atoms with Gasteiger partial charge in [-0.05, 0) is 137 Å². The molecule has 0 aromatic carbocycles. The molecule has 0 amide bonds. The van der Waals surface area contributed by atoms with Crippen LogP contribution in [0.2, 0.25) is 0 Å². The standard InChI is InChI=1S/C20H31O3PS.C4H11N/c21-24(25,22-19-7-13-1-14(8-19)3-15(2-13)9-19)23-20-10-16-4-17(11-20)6-18(5-16)12-20;1-3-5-4-2/h13-18H,1-12H2,(H,21,25);5H,3-4H2,1-2H3. The molecule has 8 bridgehead atoms. The van der Waals surface area contributed by atoms with Crippen LogP contribution in [0.5, 0.6) is 0 Å². The summed E-state index contributed by atoms with van der Waals surface area (Å²) in [6.07, 6.45) is 15.0. The quantitative estimate of drug-likeness (QED) is 0.497. The predicted molar refractivity (Wildman–Crippen MR) is 125 cm³/mol. The summed E-state index contributed by atoms with van der Waals surface area (Å²) in [7, 11) is 0. The molecule has 0 atom stereocenters. The van der Waals surface area contributed by atoms with Crippen molar-refractivity contribution in [3.8, 4) is 0 Å². The summed E-state index contributed by atoms with van der Waals surface area (Å²) < 4.78 is 12.9. The van der Waals surface area contributed by atoms with Crippen LogP contribution in [0.3, 0.4) is 0 Å². The number of hydrogen-bond donors (Lipinski definition) is 2. The second kappa shape index (κ2) is 8.37. The lowest BCUT2D eigenvalue weighted by Crippen LogP contribution is -2.53. The maximum Gasteiger partial charge on any atom is 0.325 e. The Bertz CT molecular complexity index is 561. The van der Waals surface area contributed by atoms with Crippen molar-refractivity contribution in [1.82, 2.24) is 5.32 Å². The SMILES string of the molecule is CCNCC.OP(=S)(OC12CC3CC(CC(C3)C1)C2)OC12CC3CC(CC(C3)C1)C2. The van der Waals surface area contributed by atoms with Crippen LogP contribution in [0.15, 0.2) is 0 Å². The highest BCUT2D eigenvalue weighted by atomic mass is 32.5. The lowest BCUT2D eigenvalue weighted by molar-refractivity contribution is -0.142. The molecule has 2 N–H and O–H groups in total. The second-order valence-electron chi connectivity index (χ2n) is 11.8. The van der Waals surface area contributed by atoms with E-state index in [1.807, 2.05) is 0 Å². The van der Waals surface area contributed by atoms with Crippen molar-refractivity contribution in [3.63, 3.8) is 0 Å². The molecule has 0 heterocycles. The summed E-state index contributed by atoms with van der Waals surface area (Å²) >= 11 is 5.64. The van der Waals surface area contributed by atoms with Gasteiger partial charge >= 0.3 is 6.72 Å². The molecule has 30 heavy (non-hydrogen) atoms. The van der Waals surface area contributed by atoms with E-state index in [0.29, 0.717) is 0 Å². The van der Waals surface area contributed by atoms with Crippen molar-refractivity contribution < 1.29 is 13.9 Å². The summed E-state index contributed by atoms with van der Waals surface area (Å²) in [6.45, 7) is 3.23. The average Bonchev–Trinajstić information content (AvgIpc) is 2.58. The van der Waals surface area contributed by atoms with Crippen molar-refractivity contribution in [2.75, 3.05) is 13.1 Å². The van der Waals surface area contributed by atoms with E-state index in [2.05, 4.69) is 19.2 Å². The Balaban J connectivity index is 0.000000349. The highest BCUT2D eigenvalue weighted by Gasteiger charge is 2.57. The first kappa shape index (κ1) is 22.3. The molecule has 8 rings (SSSR count). The lowest BCUT2D eigenvalue weighted by Gasteiger charge is -2.58. The van der Waals surface area contributed by atoms with E-state index in [4.69, 9.17) is 20.9 Å². The van der Waals surface area contributed by atoms with Gasteiger partial charge in [0.2, 0.25) is 0 Å². The fraction of sp³-hybridized carbons (Fsp3) is 1.00. The third-order valence-electron chi connectivity index (χ3n) is 9.08. The van der Waals surface area contributed by atoms with Crippen molar-refractivity contribution in [1.29, 1.82) is 0 Å². The largest absolute Gasteiger partial charge is 0.325 e. The first-order valence-corrected chi connectivity index (χ1v) is 15.3. The van der Waals surface area contributed by atoms with Gasteiger partial charge in [-0.15, -0.1) is 0 Å². The van der Waals surface area contributed by atoms with Gasteiger partial charge in [-0.2, -0.15) is 0 Å². The summed E-state index contributed by atoms with van der Waals surface area (Å²) in [4.78, 5) is 11.1. The van der Waals surface area contributed by atoms with Crippen LogP contribution < -0.4 is 5.32 Å². The lowest BCUT2D eigenvalue weighted by atomic mass is 9.54. The normalized spacial score (nSPS) is 49.6. The number of nitrogens with one attached hydrogen (secondary N) is 1. The zero-order chi connectivity index (χ0) is 21.0. The van der Waals surface area contributed by atoms with E-state index in [0.717, 1.165) is 87.1 Å². The molecule has 0 radical (unpaired) electrons. The van der Waals surface area contributed by atoms with Crippen LogP contribution in [0.25, 0.3) is 0 Å². The highest BCUT2D eigenvalue weighted by molar-refractivity contribution is 8.07. The first-order valence-electron chi connectivity index (χ1n) is 12.7. The van der Waals surface area contributed by atoms with Gasteiger partial charge in [0.25, 0.3) is 0 Å². The molecule has 4 nitrogen and oxygen atoms in total. The van der Waals surface area contributed by atoms with Crippen LogP contribution in [0.4, 0.5) is 0 Å². The smallest absolute Gasteiger partial charge is 0.324 e. The fourth-order valence-electron chi connectivity index (χ4n) is 9.04. The maximum absolute atomic E-state index is 11.1. The minimum absolute atomic E-state index is 0.151. The van der Waals surface area contributed by atoms with Crippen molar-refractivity contribution in [2.24, 2.45) is 35.5 Å². The second-order valence-corrected chi connectivity index (χ2v) is 14.5. The predicted octanol–water partition coefficient (Wildman–Crippen LogP) is 5.79. The van der Waals surface area contributed by atoms with Crippen LogP contribution in [-0.2, 0) is 20.9 Å². The van der Waals surface area contributed by atoms with Crippen LogP contribution >= 0.6 is 6.72 Å². The maximum atomic E-state index is 11.1. The molecule has 0 aromatic heterocycles. The molecule has 0 unspecified atom stereocenters. The minimum atomic E-state index is -3.16. The van der Waals surface area contributed by atoms with E-state index in [9.17, 15) is 4.89 Å². The van der Waals surface area contributed by atoms with Gasteiger partial charge in [0.15, 0.2) is 0 Å². The molecule has 0 aromatic rings. The van der Waals surface area contributed by atoms with Gasteiger partial charge in [-0.1, -0.05) is 13.8 Å². The molecule has 0 spiro atoms. The first-order chi connectivity index (χ1) is 14.3. The minimum Gasteiger partial charge on any atom is -0.324 e. The molecule has 8 aliphatic carbocycles. The Morgan fingerprint density at radius 1 is 0.700 bits per heavy atom. The fourth-order valence-corrected chi connectivity index (χ4v) is 11.5. The zero-order valence-electron chi connectivity index (χ0n) is 19.0. The van der Waals surface area contributed by atoms with Gasteiger partial charge in [-0.3, -0.25) is 0 Å². The monoisotopic (exact) mass is 455 g/mol. The Kier molecular flexibility index (Phi) is 6.22. The van der Waals surface area contributed by atoms with Gasteiger partial charge in [0, 0.05) is 0 Å². The van der Waals surface area contributed by atoms with Gasteiger partial charge in [0.05, 0.1) is 11.2 Å². The Labute approximate surface area is 188 Å². The van der Waals surface area contributed by atoms with Crippen LogP contribution in [-0.4, -0.2) is 29.2 Å². The Morgan fingerprint density at radius 3 is 1.17 bits per heavy atom. The third-order valence-corrected chi connectivity index (χ3v) is 10.8. The zero-order valence-corrected chi connectivity index (χ0v) is 20.7. The Hall–Kier alpha value is 0.490. The summed E-state index contributed by atoms with van der Waals surface area (Å²) in [5.41, 5.74) is -0.303. The molecule has 0 aliphatic heterocycles. The Morgan fingerprint density at radius 2 is 0.967 bits per heavy atom. The van der Waals surface area contributed by atoms with E-state index < -0.39 is 6.72 Å². The summed E-state index contributed by atoms with van der Waals surface area (Å²) in [5.74, 6) is 4.84. The van der Waals surface area contributed by atoms with Crippen LogP contribution in [0.1, 0.15) is 90.9 Å². The van der Waals surface area contributed by atoms with Gasteiger partial charge < -0.3 is 19.3 Å². The molecule has 8 saturated carbocycles. The van der Waals surface area contributed by atoms with Crippen molar-refractivity contribution in [3.05, 3.63) is 0 Å². The van der Waals surface area contributed by atoms with Gasteiger partial charge in [-0.25, -0.2) is 0 Å². The molecule has 8 fully saturated rings. The molecule has 0 saturated heterocycles. The number of hydrogen-bond acceptors (Lipinski definition) is 4. The summed E-state index contributed by atoms with van der Waals surface area (Å²) in [5, 5.41) is 3.11. The number of rotatable bonds is 6. The molecule has 6 heteroatoms. The topological polar surface area (TPSA) is 50.7 Å². The van der Waals surface area contributed by atoms with E-state index >= 15 is 0 Å². The van der Waals surface area contributed by atoms with Gasteiger partial charge in [0.1, 0.15) is 0 Å². The van der Waals surface area contributed by atoms with E-state index in [1.165, 1.54) is 38.5 Å². The van der Waals surface area contributed by atoms with E-state index in [1.54, 1.807) is 0 Å². The van der Waals surface area contributed by atoms with Crippen molar-refractivity contribution >= 4 is 18.5 Å². The molecular weight excluding hydrogens is 413 g/mol. The summed E-state index contributed by atoms with van der Waals surface area (Å²) in [6, 6.07) is 0. The molecule has 8 aliphatic rings. The highest BCUT2D eigenvalue weighted by Crippen LogP contribution is 2.66. The van der Waals surface area contributed by atoms with Crippen molar-refractivity contribution in [2.45, 2.75) is 102 Å².